The Morgan fingerprint density at radius 3 is 1.57 bits per heavy atom. The molecular weight excluding hydrogens is 663 g/mol. The molecule has 0 saturated carbocycles. The number of anilines is 6. The van der Waals surface area contributed by atoms with Crippen LogP contribution in [0.5, 0.6) is 0 Å². The minimum Gasteiger partial charge on any atom is -0.456 e. The second-order valence-electron chi connectivity index (χ2n) is 13.2. The van der Waals surface area contributed by atoms with Crippen molar-refractivity contribution in [1.82, 2.24) is 4.98 Å². The topological polar surface area (TPSA) is 45.7 Å². The van der Waals surface area contributed by atoms with Crippen molar-refractivity contribution in [3.8, 4) is 22.6 Å². The summed E-state index contributed by atoms with van der Waals surface area (Å²) < 4.78 is 12.9. The second kappa shape index (κ2) is 13.3. The highest BCUT2D eigenvalue weighted by atomic mass is 16.3. The van der Waals surface area contributed by atoms with Crippen molar-refractivity contribution < 1.29 is 8.83 Å². The highest BCUT2D eigenvalue weighted by Gasteiger charge is 2.24. The van der Waals surface area contributed by atoms with Gasteiger partial charge in [-0.1, -0.05) is 115 Å². The lowest BCUT2D eigenvalue weighted by molar-refractivity contribution is 0.620. The maximum atomic E-state index is 6.69. The highest BCUT2D eigenvalue weighted by molar-refractivity contribution is 6.07. The molecule has 0 atom stereocenters. The summed E-state index contributed by atoms with van der Waals surface area (Å²) in [6, 6.07) is 69.1. The minimum atomic E-state index is 0.562. The van der Waals surface area contributed by atoms with Gasteiger partial charge in [-0.25, -0.2) is 4.98 Å². The van der Waals surface area contributed by atoms with Crippen LogP contribution in [-0.4, -0.2) is 4.98 Å². The molecule has 0 aliphatic heterocycles. The summed E-state index contributed by atoms with van der Waals surface area (Å²) in [5.74, 6) is 0.562. The Hall–Kier alpha value is -7.37. The van der Waals surface area contributed by atoms with Crippen molar-refractivity contribution in [1.29, 1.82) is 0 Å². The van der Waals surface area contributed by atoms with Gasteiger partial charge in [-0.15, -0.1) is 0 Å². The Morgan fingerprint density at radius 1 is 0.333 bits per heavy atom. The van der Waals surface area contributed by atoms with E-state index in [-0.39, 0.29) is 0 Å². The lowest BCUT2D eigenvalue weighted by Crippen LogP contribution is -2.13. The van der Waals surface area contributed by atoms with Gasteiger partial charge < -0.3 is 18.6 Å². The van der Waals surface area contributed by atoms with Gasteiger partial charge in [-0.3, -0.25) is 0 Å². The summed E-state index contributed by atoms with van der Waals surface area (Å²) in [6.45, 7) is 0. The molecule has 0 bridgehead atoms. The van der Waals surface area contributed by atoms with Crippen molar-refractivity contribution in [2.45, 2.75) is 0 Å². The monoisotopic (exact) mass is 695 g/mol. The summed E-state index contributed by atoms with van der Waals surface area (Å²) in [4.78, 5) is 9.75. The van der Waals surface area contributed by atoms with E-state index in [4.69, 9.17) is 13.8 Å². The molecule has 0 spiro atoms. The largest absolute Gasteiger partial charge is 0.456 e. The molecule has 10 rings (SSSR count). The summed E-state index contributed by atoms with van der Waals surface area (Å²) in [6.07, 6.45) is 0. The number of furan rings is 1. The van der Waals surface area contributed by atoms with E-state index in [0.29, 0.717) is 11.5 Å². The van der Waals surface area contributed by atoms with Gasteiger partial charge in [0.25, 0.3) is 0 Å². The Morgan fingerprint density at radius 2 is 0.870 bits per heavy atom. The van der Waals surface area contributed by atoms with E-state index < -0.39 is 0 Å². The fourth-order valence-corrected chi connectivity index (χ4v) is 7.32. The number of rotatable bonds is 8. The molecular formula is C49H33N3O2. The molecule has 0 fully saturated rings. The standard InChI is InChI=1S/C49H33N3O2/c1-5-15-34(16-6-1)35-25-27-39(28-26-35)51(37-19-9-3-10-20-37)41-32-44(48-47(33-41)54-49(50-48)36-17-7-2-8-18-36)52(38-21-11-4-12-22-38)40-29-30-46-43(31-40)42-23-13-14-24-45(42)53-46/h1-33H. The average molecular weight is 696 g/mol. The van der Waals surface area contributed by atoms with Crippen LogP contribution >= 0.6 is 0 Å². The van der Waals surface area contributed by atoms with Crippen LogP contribution in [0.2, 0.25) is 0 Å². The zero-order valence-electron chi connectivity index (χ0n) is 29.2. The molecule has 2 aromatic heterocycles. The van der Waals surface area contributed by atoms with Gasteiger partial charge in [0.15, 0.2) is 5.58 Å². The second-order valence-corrected chi connectivity index (χ2v) is 13.2. The number of benzene rings is 8. The van der Waals surface area contributed by atoms with Crippen LogP contribution in [0.1, 0.15) is 0 Å². The lowest BCUT2D eigenvalue weighted by atomic mass is 10.0. The molecule has 0 amide bonds. The number of fused-ring (bicyclic) bond motifs is 4. The molecule has 10 aromatic rings. The van der Waals surface area contributed by atoms with Crippen LogP contribution in [0, 0.1) is 0 Å². The van der Waals surface area contributed by atoms with Gasteiger partial charge in [0.2, 0.25) is 5.89 Å². The predicted molar refractivity (Wildman–Crippen MR) is 222 cm³/mol. The van der Waals surface area contributed by atoms with Gasteiger partial charge >= 0.3 is 0 Å². The molecule has 5 nitrogen and oxygen atoms in total. The Labute approximate surface area is 312 Å². The van der Waals surface area contributed by atoms with Gasteiger partial charge in [-0.2, -0.15) is 0 Å². The molecule has 2 heterocycles. The number of hydrogen-bond donors (Lipinski definition) is 0. The maximum Gasteiger partial charge on any atom is 0.227 e. The fourth-order valence-electron chi connectivity index (χ4n) is 7.32. The van der Waals surface area contributed by atoms with Crippen LogP contribution in [0.25, 0.3) is 55.6 Å². The Balaban J connectivity index is 1.22. The average Bonchev–Trinajstić information content (AvgIpc) is 3.85. The summed E-state index contributed by atoms with van der Waals surface area (Å²) in [5.41, 5.74) is 12.2. The normalized spacial score (nSPS) is 11.3. The zero-order valence-corrected chi connectivity index (χ0v) is 29.2. The number of hydrogen-bond acceptors (Lipinski definition) is 5. The number of para-hydroxylation sites is 3. The molecule has 0 N–H and O–H groups in total. The van der Waals surface area contributed by atoms with Crippen molar-refractivity contribution in [3.63, 3.8) is 0 Å². The third kappa shape index (κ3) is 5.65. The zero-order chi connectivity index (χ0) is 35.8. The smallest absolute Gasteiger partial charge is 0.227 e. The van der Waals surface area contributed by atoms with Crippen molar-refractivity contribution >= 4 is 67.2 Å². The molecule has 5 heteroatoms. The van der Waals surface area contributed by atoms with E-state index in [1.165, 1.54) is 5.56 Å². The first-order chi connectivity index (χ1) is 26.8. The van der Waals surface area contributed by atoms with E-state index in [9.17, 15) is 0 Å². The number of oxazole rings is 1. The summed E-state index contributed by atoms with van der Waals surface area (Å²) >= 11 is 0. The van der Waals surface area contributed by atoms with E-state index in [0.717, 1.165) is 72.7 Å². The SMILES string of the molecule is c1ccc(-c2ccc(N(c3ccccc3)c3cc(N(c4ccccc4)c4ccc5oc6ccccc6c5c4)c4nc(-c5ccccc5)oc4c3)cc2)cc1. The van der Waals surface area contributed by atoms with Crippen LogP contribution < -0.4 is 9.80 Å². The summed E-state index contributed by atoms with van der Waals surface area (Å²) in [5, 5.41) is 2.12. The van der Waals surface area contributed by atoms with Gasteiger partial charge in [-0.05, 0) is 90.0 Å². The molecule has 54 heavy (non-hydrogen) atoms. The molecule has 0 radical (unpaired) electrons. The molecule has 0 aliphatic rings. The first-order valence-electron chi connectivity index (χ1n) is 18.0. The van der Waals surface area contributed by atoms with Crippen molar-refractivity contribution in [2.24, 2.45) is 0 Å². The number of aromatic nitrogens is 1. The Bertz CT molecular complexity index is 2870. The van der Waals surface area contributed by atoms with Crippen molar-refractivity contribution in [2.75, 3.05) is 9.80 Å². The van der Waals surface area contributed by atoms with Gasteiger partial charge in [0.1, 0.15) is 16.7 Å². The predicted octanol–water partition coefficient (Wildman–Crippen LogP) is 14.0. The van der Waals surface area contributed by atoms with E-state index in [1.807, 2.05) is 60.7 Å². The maximum absolute atomic E-state index is 6.69. The van der Waals surface area contributed by atoms with Crippen molar-refractivity contribution in [3.05, 3.63) is 200 Å². The molecule has 8 aromatic carbocycles. The fraction of sp³-hybridized carbons (Fsp3) is 0. The van der Waals surface area contributed by atoms with E-state index in [1.54, 1.807) is 0 Å². The van der Waals surface area contributed by atoms with Crippen LogP contribution in [0.4, 0.5) is 34.1 Å². The number of nitrogens with zero attached hydrogens (tertiary/aromatic N) is 3. The van der Waals surface area contributed by atoms with Crippen LogP contribution in [-0.2, 0) is 0 Å². The molecule has 256 valence electrons. The summed E-state index contributed by atoms with van der Waals surface area (Å²) in [7, 11) is 0. The van der Waals surface area contributed by atoms with Gasteiger partial charge in [0.05, 0.1) is 11.4 Å². The third-order valence-electron chi connectivity index (χ3n) is 9.86. The minimum absolute atomic E-state index is 0.562. The third-order valence-corrected chi connectivity index (χ3v) is 9.86. The van der Waals surface area contributed by atoms with E-state index in [2.05, 4.69) is 149 Å². The van der Waals surface area contributed by atoms with Gasteiger partial charge in [0, 0.05) is 45.2 Å². The first kappa shape index (κ1) is 31.4. The van der Waals surface area contributed by atoms with Crippen LogP contribution in [0.15, 0.2) is 209 Å². The molecule has 0 unspecified atom stereocenters. The Kier molecular flexibility index (Phi) is 7.73. The quantitative estimate of drug-likeness (QED) is 0.158. The molecule has 0 aliphatic carbocycles. The highest BCUT2D eigenvalue weighted by Crippen LogP contribution is 2.46. The first-order valence-corrected chi connectivity index (χ1v) is 18.0. The van der Waals surface area contributed by atoms with E-state index >= 15 is 0 Å². The lowest BCUT2D eigenvalue weighted by Gasteiger charge is -2.29. The van der Waals surface area contributed by atoms with Crippen LogP contribution in [0.3, 0.4) is 0 Å². The molecule has 0 saturated heterocycles.